The number of carbonyl (C=O) groups excluding carboxylic acids is 3. The zero-order chi connectivity index (χ0) is 41.1. The lowest BCUT2D eigenvalue weighted by atomic mass is 10.1. The molecule has 9 nitrogen and oxygen atoms in total. The van der Waals surface area contributed by atoms with E-state index in [0.29, 0.717) is 60.9 Å². The zero-order valence-corrected chi connectivity index (χ0v) is 33.7. The summed E-state index contributed by atoms with van der Waals surface area (Å²) in [5.41, 5.74) is 5.39. The Hall–Kier alpha value is -6.09. The molecule has 4 aromatic carbocycles. The molecule has 0 unspecified atom stereocenters. The van der Waals surface area contributed by atoms with Crippen molar-refractivity contribution in [2.45, 2.75) is 80.1 Å². The topological polar surface area (TPSA) is 113 Å². The molecular formula is C47H56N2O7. The first-order valence-electron chi connectivity index (χ1n) is 19.1. The van der Waals surface area contributed by atoms with Crippen molar-refractivity contribution in [2.24, 2.45) is 10.2 Å². The summed E-state index contributed by atoms with van der Waals surface area (Å²) < 4.78 is 21.9. The predicted molar refractivity (Wildman–Crippen MR) is 226 cm³/mol. The van der Waals surface area contributed by atoms with Gasteiger partial charge in [-0.3, -0.25) is 4.79 Å². The smallest absolute Gasteiger partial charge is 0.343 e. The Morgan fingerprint density at radius 1 is 0.536 bits per heavy atom. The van der Waals surface area contributed by atoms with E-state index in [1.54, 1.807) is 67.6 Å². The van der Waals surface area contributed by atoms with E-state index in [0.717, 1.165) is 47.4 Å². The number of esters is 3. The van der Waals surface area contributed by atoms with Gasteiger partial charge in [0.1, 0.15) is 17.2 Å². The van der Waals surface area contributed by atoms with Crippen molar-refractivity contribution in [1.29, 1.82) is 0 Å². The van der Waals surface area contributed by atoms with Crippen LogP contribution in [0.25, 0.3) is 0 Å². The molecule has 0 radical (unpaired) electrons. The summed E-state index contributed by atoms with van der Waals surface area (Å²) in [7, 11) is 0. The first-order chi connectivity index (χ1) is 27.2. The predicted octanol–water partition coefficient (Wildman–Crippen LogP) is 11.2. The van der Waals surface area contributed by atoms with Gasteiger partial charge in [-0.2, -0.15) is 10.2 Å². The second-order valence-electron chi connectivity index (χ2n) is 12.0. The lowest BCUT2D eigenvalue weighted by Crippen LogP contribution is -2.09. The number of benzene rings is 4. The number of aryl methyl sites for hydroxylation is 1. The molecule has 0 heterocycles. The first-order valence-corrected chi connectivity index (χ1v) is 19.1. The second-order valence-corrected chi connectivity index (χ2v) is 12.0. The molecule has 296 valence electrons. The van der Waals surface area contributed by atoms with Crippen LogP contribution in [-0.4, -0.2) is 42.5 Å². The van der Waals surface area contributed by atoms with Gasteiger partial charge in [0, 0.05) is 6.42 Å². The number of nitrogens with zero attached hydrogens (tertiary/aromatic N) is 2. The fourth-order valence-corrected chi connectivity index (χ4v) is 4.79. The van der Waals surface area contributed by atoms with Gasteiger partial charge < -0.3 is 18.9 Å². The van der Waals surface area contributed by atoms with Crippen LogP contribution < -0.4 is 14.2 Å². The van der Waals surface area contributed by atoms with Crippen molar-refractivity contribution >= 4 is 29.3 Å². The van der Waals surface area contributed by atoms with Gasteiger partial charge in [-0.25, -0.2) is 9.59 Å². The minimum Gasteiger partial charge on any atom is -0.494 e. The third-order valence-corrected chi connectivity index (χ3v) is 8.14. The molecule has 0 saturated heterocycles. The van der Waals surface area contributed by atoms with Gasteiger partial charge in [0.05, 0.1) is 35.8 Å². The maximum atomic E-state index is 12.7. The van der Waals surface area contributed by atoms with Crippen molar-refractivity contribution in [3.8, 4) is 17.2 Å². The van der Waals surface area contributed by atoms with Gasteiger partial charge in [0.2, 0.25) is 0 Å². The Morgan fingerprint density at radius 2 is 0.929 bits per heavy atom. The van der Waals surface area contributed by atoms with Crippen LogP contribution >= 0.6 is 0 Å². The van der Waals surface area contributed by atoms with Crippen LogP contribution in [0.2, 0.25) is 0 Å². The standard InChI is InChI=1S/C41H44N2O7.C4H8.C2H4/c1-5-29-11-13-32(14-12-29)40(45)49-35-23-15-30(16-24-35)37(6-2)42-43-38(7-3)31-17-25-36(26-18-31)50-41(46)33-19-21-34(22-20-33)47-27-9-10-28-48-39(44)8-4;1-3-4-2;1-2/h11-26H,5-10,27-28H2,1-4H3;3-4H,1-2H3;1-2H2/b42-37+,43-38+;4-3-;. The van der Waals surface area contributed by atoms with E-state index in [-0.39, 0.29) is 5.97 Å². The molecule has 0 bridgehead atoms. The molecule has 9 heteroatoms. The van der Waals surface area contributed by atoms with Gasteiger partial charge in [0.25, 0.3) is 0 Å². The maximum absolute atomic E-state index is 12.7. The molecule has 0 aliphatic heterocycles. The molecule has 0 atom stereocenters. The van der Waals surface area contributed by atoms with Crippen LogP contribution in [0.5, 0.6) is 17.2 Å². The third-order valence-electron chi connectivity index (χ3n) is 8.14. The molecule has 0 saturated carbocycles. The number of rotatable bonds is 17. The van der Waals surface area contributed by atoms with Gasteiger partial charge >= 0.3 is 17.9 Å². The number of allylic oxidation sites excluding steroid dienone is 2. The number of ether oxygens (including phenoxy) is 4. The minimum atomic E-state index is -0.477. The second kappa shape index (κ2) is 26.6. The van der Waals surface area contributed by atoms with Crippen LogP contribution in [0.4, 0.5) is 0 Å². The van der Waals surface area contributed by atoms with E-state index in [1.807, 2.05) is 76.2 Å². The number of carbonyl (C=O) groups is 3. The Kier molecular flexibility index (Phi) is 21.9. The summed E-state index contributed by atoms with van der Waals surface area (Å²) in [6.45, 7) is 18.7. The number of unbranched alkanes of at least 4 members (excludes halogenated alkanes) is 1. The molecule has 56 heavy (non-hydrogen) atoms. The monoisotopic (exact) mass is 760 g/mol. The summed E-state index contributed by atoms with van der Waals surface area (Å²) in [4.78, 5) is 36.5. The SMILES string of the molecule is C/C=C\C.C=C.CCC(=O)OCCCCOc1ccc(C(=O)Oc2ccc(/C(CC)=N/N=C(\CC)c3ccc(OC(=O)c4ccc(CC)cc4)cc3)cc2)cc1. The van der Waals surface area contributed by atoms with E-state index < -0.39 is 11.9 Å². The highest BCUT2D eigenvalue weighted by Gasteiger charge is 2.12. The van der Waals surface area contributed by atoms with Crippen LogP contribution in [0.3, 0.4) is 0 Å². The highest BCUT2D eigenvalue weighted by Crippen LogP contribution is 2.20. The molecule has 0 N–H and O–H groups in total. The Morgan fingerprint density at radius 3 is 1.32 bits per heavy atom. The summed E-state index contributed by atoms with van der Waals surface area (Å²) in [5, 5.41) is 9.11. The van der Waals surface area contributed by atoms with Gasteiger partial charge in [-0.1, -0.05) is 52.0 Å². The molecule has 0 aromatic heterocycles. The van der Waals surface area contributed by atoms with E-state index in [1.165, 1.54) is 0 Å². The molecule has 0 aliphatic carbocycles. The van der Waals surface area contributed by atoms with E-state index in [2.05, 4.69) is 30.3 Å². The first kappa shape index (κ1) is 46.1. The van der Waals surface area contributed by atoms with Gasteiger partial charge in [-0.05, 0) is 148 Å². The fraction of sp³-hybridized carbons (Fsp3) is 0.298. The average molecular weight is 761 g/mol. The maximum Gasteiger partial charge on any atom is 0.343 e. The normalized spacial score (nSPS) is 11.0. The molecule has 0 spiro atoms. The highest BCUT2D eigenvalue weighted by molar-refractivity contribution is 6.03. The van der Waals surface area contributed by atoms with E-state index in [9.17, 15) is 14.4 Å². The quantitative estimate of drug-likeness (QED) is 0.0263. The molecule has 0 amide bonds. The summed E-state index contributed by atoms with van der Waals surface area (Å²) in [5.74, 6) is 0.426. The van der Waals surface area contributed by atoms with Crippen LogP contribution in [-0.2, 0) is 16.0 Å². The van der Waals surface area contributed by atoms with Crippen molar-refractivity contribution < 1.29 is 33.3 Å². The number of hydrogen-bond acceptors (Lipinski definition) is 9. The molecule has 4 rings (SSSR count). The lowest BCUT2D eigenvalue weighted by Gasteiger charge is -2.09. The largest absolute Gasteiger partial charge is 0.494 e. The van der Waals surface area contributed by atoms with Crippen LogP contribution in [0.15, 0.2) is 133 Å². The lowest BCUT2D eigenvalue weighted by molar-refractivity contribution is -0.143. The average Bonchev–Trinajstić information content (AvgIpc) is 3.25. The molecule has 0 fully saturated rings. The Balaban J connectivity index is 0.00000169. The zero-order valence-electron chi connectivity index (χ0n) is 33.7. The highest BCUT2D eigenvalue weighted by atomic mass is 16.5. The van der Waals surface area contributed by atoms with Crippen molar-refractivity contribution in [3.63, 3.8) is 0 Å². The Bertz CT molecular complexity index is 1860. The third kappa shape index (κ3) is 16.1. The van der Waals surface area contributed by atoms with E-state index >= 15 is 0 Å². The van der Waals surface area contributed by atoms with Gasteiger partial charge in [0.15, 0.2) is 0 Å². The van der Waals surface area contributed by atoms with Crippen molar-refractivity contribution in [1.82, 2.24) is 0 Å². The Labute approximate surface area is 332 Å². The fourth-order valence-electron chi connectivity index (χ4n) is 4.79. The van der Waals surface area contributed by atoms with E-state index in [4.69, 9.17) is 18.9 Å². The number of hydrogen-bond donors (Lipinski definition) is 0. The summed E-state index contributed by atoms with van der Waals surface area (Å²) in [6, 6.07) is 28.6. The van der Waals surface area contributed by atoms with Crippen molar-refractivity contribution in [2.75, 3.05) is 13.2 Å². The molecular weight excluding hydrogens is 705 g/mol. The van der Waals surface area contributed by atoms with Crippen molar-refractivity contribution in [3.05, 3.63) is 150 Å². The summed E-state index contributed by atoms with van der Waals surface area (Å²) >= 11 is 0. The minimum absolute atomic E-state index is 0.202. The van der Waals surface area contributed by atoms with Crippen LogP contribution in [0.1, 0.15) is 111 Å². The van der Waals surface area contributed by atoms with Gasteiger partial charge in [-0.15, -0.1) is 13.2 Å². The molecule has 0 aliphatic rings. The summed E-state index contributed by atoms with van der Waals surface area (Å²) in [6.07, 6.45) is 8.05. The van der Waals surface area contributed by atoms with Crippen LogP contribution in [0, 0.1) is 0 Å². The molecule has 4 aromatic rings.